The van der Waals surface area contributed by atoms with Gasteiger partial charge < -0.3 is 19.2 Å². The van der Waals surface area contributed by atoms with E-state index in [-0.39, 0.29) is 5.91 Å². The fourth-order valence-corrected chi connectivity index (χ4v) is 2.52. The van der Waals surface area contributed by atoms with Crippen molar-refractivity contribution < 1.29 is 19.1 Å². The molecule has 0 bridgehead atoms. The van der Waals surface area contributed by atoms with Crippen LogP contribution < -0.4 is 0 Å². The summed E-state index contributed by atoms with van der Waals surface area (Å²) in [6, 6.07) is 1.72. The van der Waals surface area contributed by atoms with Crippen LogP contribution in [0.5, 0.6) is 0 Å². The number of β-amino-alcohol motifs (C(OH)–C–C–N with tert-alkyl or cyclic N) is 1. The molecule has 6 nitrogen and oxygen atoms in total. The predicted molar refractivity (Wildman–Crippen MR) is 78.3 cm³/mol. The smallest absolute Gasteiger partial charge is 0.257 e. The lowest BCUT2D eigenvalue weighted by Gasteiger charge is -2.35. The maximum Gasteiger partial charge on any atom is 0.257 e. The van der Waals surface area contributed by atoms with Crippen molar-refractivity contribution in [3.05, 3.63) is 23.7 Å². The molecule has 1 aromatic rings. The van der Waals surface area contributed by atoms with Gasteiger partial charge in [0.2, 0.25) is 0 Å². The van der Waals surface area contributed by atoms with Gasteiger partial charge >= 0.3 is 0 Å². The molecule has 1 unspecified atom stereocenters. The molecule has 1 fully saturated rings. The monoisotopic (exact) mass is 296 g/mol. The van der Waals surface area contributed by atoms with E-state index >= 15 is 0 Å². The Bertz CT molecular complexity index is 452. The third-order valence-electron chi connectivity index (χ3n) is 3.73. The maximum atomic E-state index is 12.3. The zero-order chi connectivity index (χ0) is 15.2. The molecule has 0 radical (unpaired) electrons. The van der Waals surface area contributed by atoms with E-state index in [0.29, 0.717) is 44.2 Å². The molecule has 1 aliphatic rings. The molecule has 1 atom stereocenters. The number of nitrogens with zero attached hydrogens (tertiary/aromatic N) is 2. The van der Waals surface area contributed by atoms with Gasteiger partial charge in [0.25, 0.3) is 5.91 Å². The van der Waals surface area contributed by atoms with Gasteiger partial charge in [0.15, 0.2) is 0 Å². The lowest BCUT2D eigenvalue weighted by molar-refractivity contribution is 0.0111. The first-order valence-corrected chi connectivity index (χ1v) is 7.43. The summed E-state index contributed by atoms with van der Waals surface area (Å²) in [4.78, 5) is 16.3. The molecule has 0 spiro atoms. The number of piperazine rings is 1. The number of furan rings is 1. The molecule has 1 aromatic heterocycles. The Balaban J connectivity index is 1.78. The summed E-state index contributed by atoms with van der Waals surface area (Å²) < 4.78 is 10.4. The number of amides is 1. The quantitative estimate of drug-likeness (QED) is 0.839. The van der Waals surface area contributed by atoms with Crippen LogP contribution in [0.15, 0.2) is 16.7 Å². The Labute approximate surface area is 125 Å². The minimum atomic E-state index is -0.469. The maximum absolute atomic E-state index is 12.3. The third kappa shape index (κ3) is 4.30. The molecule has 2 heterocycles. The topological polar surface area (TPSA) is 66.2 Å². The Morgan fingerprint density at radius 2 is 2.14 bits per heavy atom. The SMILES string of the molecule is CCOCC(O)CN1CCN(C(=O)c2ccoc2C)CC1. The highest BCUT2D eigenvalue weighted by Crippen LogP contribution is 2.14. The largest absolute Gasteiger partial charge is 0.469 e. The first-order chi connectivity index (χ1) is 10.1. The molecule has 118 valence electrons. The number of hydrogen-bond acceptors (Lipinski definition) is 5. The van der Waals surface area contributed by atoms with E-state index in [4.69, 9.17) is 9.15 Å². The molecule has 0 saturated carbocycles. The number of rotatable bonds is 6. The van der Waals surface area contributed by atoms with Crippen molar-refractivity contribution in [2.24, 2.45) is 0 Å². The highest BCUT2D eigenvalue weighted by atomic mass is 16.5. The molecule has 1 aliphatic heterocycles. The minimum Gasteiger partial charge on any atom is -0.469 e. The highest BCUT2D eigenvalue weighted by molar-refractivity contribution is 5.95. The predicted octanol–water partition coefficient (Wildman–Crippen LogP) is 0.743. The fraction of sp³-hybridized carbons (Fsp3) is 0.667. The van der Waals surface area contributed by atoms with Gasteiger partial charge in [0.1, 0.15) is 5.76 Å². The van der Waals surface area contributed by atoms with Crippen molar-refractivity contribution in [2.45, 2.75) is 20.0 Å². The van der Waals surface area contributed by atoms with Crippen molar-refractivity contribution in [3.8, 4) is 0 Å². The molecular weight excluding hydrogens is 272 g/mol. The number of ether oxygens (including phenoxy) is 1. The molecule has 1 N–H and O–H groups in total. The summed E-state index contributed by atoms with van der Waals surface area (Å²) >= 11 is 0. The third-order valence-corrected chi connectivity index (χ3v) is 3.73. The van der Waals surface area contributed by atoms with E-state index in [2.05, 4.69) is 4.90 Å². The molecular formula is C15H24N2O4. The highest BCUT2D eigenvalue weighted by Gasteiger charge is 2.24. The van der Waals surface area contributed by atoms with Gasteiger partial charge in [-0.1, -0.05) is 0 Å². The number of aryl methyl sites for hydroxylation is 1. The summed E-state index contributed by atoms with van der Waals surface area (Å²) in [5.41, 5.74) is 0.639. The van der Waals surface area contributed by atoms with Crippen LogP contribution in [0.3, 0.4) is 0 Å². The lowest BCUT2D eigenvalue weighted by Crippen LogP contribution is -2.50. The van der Waals surface area contributed by atoms with Gasteiger partial charge in [0.05, 0.1) is 24.5 Å². The molecule has 1 amide bonds. The van der Waals surface area contributed by atoms with Crippen molar-refractivity contribution >= 4 is 5.91 Å². The molecule has 6 heteroatoms. The molecule has 1 saturated heterocycles. The van der Waals surface area contributed by atoms with Crippen LogP contribution in [0, 0.1) is 6.92 Å². The fourth-order valence-electron chi connectivity index (χ4n) is 2.52. The summed E-state index contributed by atoms with van der Waals surface area (Å²) in [5, 5.41) is 9.83. The number of aliphatic hydroxyl groups excluding tert-OH is 1. The van der Waals surface area contributed by atoms with Crippen molar-refractivity contribution in [2.75, 3.05) is 45.9 Å². The second-order valence-corrected chi connectivity index (χ2v) is 5.30. The van der Waals surface area contributed by atoms with E-state index < -0.39 is 6.10 Å². The van der Waals surface area contributed by atoms with Crippen LogP contribution in [0.1, 0.15) is 23.0 Å². The second kappa shape index (κ2) is 7.59. The Hall–Kier alpha value is -1.37. The zero-order valence-electron chi connectivity index (χ0n) is 12.7. The van der Waals surface area contributed by atoms with E-state index in [1.807, 2.05) is 11.8 Å². The average molecular weight is 296 g/mol. The zero-order valence-corrected chi connectivity index (χ0v) is 12.7. The van der Waals surface area contributed by atoms with E-state index in [9.17, 15) is 9.90 Å². The van der Waals surface area contributed by atoms with Gasteiger partial charge in [-0.3, -0.25) is 9.69 Å². The van der Waals surface area contributed by atoms with Crippen molar-refractivity contribution in [3.63, 3.8) is 0 Å². The van der Waals surface area contributed by atoms with E-state index in [1.165, 1.54) is 0 Å². The average Bonchev–Trinajstić information content (AvgIpc) is 2.91. The van der Waals surface area contributed by atoms with Gasteiger partial charge in [-0.15, -0.1) is 0 Å². The number of aliphatic hydroxyl groups is 1. The minimum absolute atomic E-state index is 0.0239. The first-order valence-electron chi connectivity index (χ1n) is 7.43. The first kappa shape index (κ1) is 16.0. The van der Waals surface area contributed by atoms with Gasteiger partial charge in [0, 0.05) is 39.3 Å². The Morgan fingerprint density at radius 3 is 2.71 bits per heavy atom. The van der Waals surface area contributed by atoms with Crippen LogP contribution in [-0.2, 0) is 4.74 Å². The van der Waals surface area contributed by atoms with Gasteiger partial charge in [-0.2, -0.15) is 0 Å². The van der Waals surface area contributed by atoms with Gasteiger partial charge in [-0.05, 0) is 19.9 Å². The molecule has 2 rings (SSSR count). The standard InChI is InChI=1S/C15H24N2O4/c1-3-20-11-13(18)10-16-5-7-17(8-6-16)15(19)14-4-9-21-12(14)2/h4,9,13,18H,3,5-8,10-11H2,1-2H3. The summed E-state index contributed by atoms with van der Waals surface area (Å²) in [6.07, 6.45) is 1.08. The normalized spacial score (nSPS) is 18.0. The van der Waals surface area contributed by atoms with Crippen LogP contribution in [0.2, 0.25) is 0 Å². The molecule has 0 aliphatic carbocycles. The summed E-state index contributed by atoms with van der Waals surface area (Å²) in [7, 11) is 0. The second-order valence-electron chi connectivity index (χ2n) is 5.30. The van der Waals surface area contributed by atoms with Crippen molar-refractivity contribution in [1.29, 1.82) is 0 Å². The summed E-state index contributed by atoms with van der Waals surface area (Å²) in [6.45, 7) is 8.16. The van der Waals surface area contributed by atoms with Crippen molar-refractivity contribution in [1.82, 2.24) is 9.80 Å². The molecule has 0 aromatic carbocycles. The number of carbonyl (C=O) groups is 1. The summed E-state index contributed by atoms with van der Waals surface area (Å²) in [5.74, 6) is 0.685. The van der Waals surface area contributed by atoms with Crippen LogP contribution in [0.4, 0.5) is 0 Å². The number of carbonyl (C=O) groups excluding carboxylic acids is 1. The lowest BCUT2D eigenvalue weighted by atomic mass is 10.2. The number of hydrogen-bond donors (Lipinski definition) is 1. The molecule has 21 heavy (non-hydrogen) atoms. The Morgan fingerprint density at radius 1 is 1.43 bits per heavy atom. The van der Waals surface area contributed by atoms with E-state index in [0.717, 1.165) is 13.1 Å². The van der Waals surface area contributed by atoms with Gasteiger partial charge in [-0.25, -0.2) is 0 Å². The van der Waals surface area contributed by atoms with Crippen LogP contribution >= 0.6 is 0 Å². The van der Waals surface area contributed by atoms with E-state index in [1.54, 1.807) is 19.3 Å². The van der Waals surface area contributed by atoms with Crippen LogP contribution in [0.25, 0.3) is 0 Å². The Kier molecular flexibility index (Phi) is 5.78. The van der Waals surface area contributed by atoms with Crippen LogP contribution in [-0.4, -0.2) is 72.9 Å².